The Kier molecular flexibility index (Phi) is 11.5. The number of halogens is 5. The number of aryl methyl sites for hydroxylation is 1. The third-order valence-corrected chi connectivity index (χ3v) is 7.96. The van der Waals surface area contributed by atoms with E-state index in [9.17, 15) is 31.5 Å². The molecule has 0 aromatic carbocycles. The maximum atomic E-state index is 12.8. The van der Waals surface area contributed by atoms with Crippen molar-refractivity contribution >= 4 is 17.5 Å². The molecule has 0 bridgehead atoms. The van der Waals surface area contributed by atoms with E-state index >= 15 is 0 Å². The molecule has 3 aromatic rings. The summed E-state index contributed by atoms with van der Waals surface area (Å²) in [5, 5.41) is 16.0. The fraction of sp³-hybridized carbons (Fsp3) is 0.613. The summed E-state index contributed by atoms with van der Waals surface area (Å²) in [6, 6.07) is -0.0842. The number of carbonyl (C=O) groups excluding carboxylic acids is 2. The van der Waals surface area contributed by atoms with Gasteiger partial charge in [0.25, 0.3) is 0 Å². The molecule has 46 heavy (non-hydrogen) atoms. The zero-order valence-electron chi connectivity index (χ0n) is 26.2. The first-order valence-corrected chi connectivity index (χ1v) is 15.7. The molecule has 3 aliphatic carbocycles. The molecule has 3 aromatic heterocycles. The van der Waals surface area contributed by atoms with Crippen LogP contribution in [0.1, 0.15) is 88.8 Å². The number of hydrogen-bond donors (Lipinski definition) is 2. The lowest BCUT2D eigenvalue weighted by molar-refractivity contribution is -0.154. The monoisotopic (exact) mass is 653 g/mol. The summed E-state index contributed by atoms with van der Waals surface area (Å²) < 4.78 is 69.1. The Labute approximate surface area is 263 Å². The second-order valence-electron chi connectivity index (χ2n) is 11.6. The minimum atomic E-state index is -4.44. The SMILES string of the molecule is CC.Cc1nnco1.FC1(F)CCCCC1.O=C1NC(C(F)(F)F)CC1Cc1cnn2cc(CNC(=O)C3CC3=C3CC3)nc2c1. The molecule has 3 unspecified atom stereocenters. The highest BCUT2D eigenvalue weighted by Crippen LogP contribution is 2.48. The maximum absolute atomic E-state index is 12.8. The van der Waals surface area contributed by atoms with Crippen LogP contribution >= 0.6 is 0 Å². The third kappa shape index (κ3) is 10.0. The zero-order chi connectivity index (χ0) is 33.5. The zero-order valence-corrected chi connectivity index (χ0v) is 26.2. The molecule has 0 radical (unpaired) electrons. The number of imidazole rings is 1. The second kappa shape index (κ2) is 15.1. The Morgan fingerprint density at radius 1 is 1.17 bits per heavy atom. The van der Waals surface area contributed by atoms with E-state index in [1.54, 1.807) is 23.7 Å². The first-order valence-electron chi connectivity index (χ1n) is 15.7. The Balaban J connectivity index is 0.000000246. The first kappa shape index (κ1) is 35.0. The van der Waals surface area contributed by atoms with Gasteiger partial charge in [-0.25, -0.2) is 18.3 Å². The highest BCUT2D eigenvalue weighted by atomic mass is 19.4. The summed E-state index contributed by atoms with van der Waals surface area (Å²) in [4.78, 5) is 28.5. The predicted octanol–water partition coefficient (Wildman–Crippen LogP) is 6.06. The molecule has 10 nitrogen and oxygen atoms in total. The lowest BCUT2D eigenvalue weighted by Gasteiger charge is -2.20. The van der Waals surface area contributed by atoms with Crippen molar-refractivity contribution in [3.8, 4) is 0 Å². The van der Waals surface area contributed by atoms with Crippen molar-refractivity contribution < 1.29 is 36.0 Å². The molecule has 4 aliphatic rings. The summed E-state index contributed by atoms with van der Waals surface area (Å²) in [5.41, 5.74) is 4.53. The molecule has 2 amide bonds. The van der Waals surface area contributed by atoms with E-state index in [1.807, 2.05) is 19.2 Å². The van der Waals surface area contributed by atoms with Crippen LogP contribution in [0.3, 0.4) is 0 Å². The lowest BCUT2D eigenvalue weighted by atomic mass is 9.97. The smallest absolute Gasteiger partial charge is 0.408 e. The molecule has 1 saturated heterocycles. The normalized spacial score (nSPS) is 22.8. The Bertz CT molecular complexity index is 1490. The molecular formula is C31H40F5N7O3. The van der Waals surface area contributed by atoms with Crippen molar-refractivity contribution in [3.05, 3.63) is 53.1 Å². The Morgan fingerprint density at radius 3 is 2.41 bits per heavy atom. The molecule has 4 fully saturated rings. The standard InChI is InChI=1S/C20H20F3N5O2.C6H10F2.C3H4N2O.C2H6/c21-20(22,23)16-5-12(18(29)27-16)3-10-4-17-26-13(9-28(17)25-7-10)8-24-19(30)15-6-14(15)11-1-2-11;7-6(8)4-2-1-3-5-6;1-3-5-4-2-6-3;1-2/h4,7,9,12,15-16H,1-3,5-6,8H2,(H,24,30)(H,27,29);1-5H2;2H,1H3;1-2H3. The molecule has 1 aliphatic heterocycles. The molecule has 7 rings (SSSR count). The number of rotatable bonds is 5. The van der Waals surface area contributed by atoms with Crippen LogP contribution in [0, 0.1) is 18.8 Å². The molecule has 3 atom stereocenters. The van der Waals surface area contributed by atoms with Gasteiger partial charge in [0.05, 0.1) is 30.6 Å². The van der Waals surface area contributed by atoms with Gasteiger partial charge in [-0.15, -0.1) is 10.2 Å². The number of alkyl halides is 5. The van der Waals surface area contributed by atoms with E-state index in [4.69, 9.17) is 0 Å². The van der Waals surface area contributed by atoms with E-state index in [1.165, 1.54) is 23.7 Å². The number of hydrogen-bond acceptors (Lipinski definition) is 7. The number of fused-ring (bicyclic) bond motifs is 1. The molecular weight excluding hydrogens is 613 g/mol. The van der Waals surface area contributed by atoms with Gasteiger partial charge < -0.3 is 15.1 Å². The Morgan fingerprint density at radius 2 is 1.89 bits per heavy atom. The van der Waals surface area contributed by atoms with Gasteiger partial charge in [-0.2, -0.15) is 18.3 Å². The highest BCUT2D eigenvalue weighted by molar-refractivity contribution is 5.86. The van der Waals surface area contributed by atoms with Crippen LogP contribution in [0.2, 0.25) is 0 Å². The van der Waals surface area contributed by atoms with Crippen molar-refractivity contribution in [1.29, 1.82) is 0 Å². The second-order valence-corrected chi connectivity index (χ2v) is 11.6. The largest absolute Gasteiger partial charge is 0.428 e. The van der Waals surface area contributed by atoms with Gasteiger partial charge in [-0.3, -0.25) is 9.59 Å². The average molecular weight is 654 g/mol. The number of allylic oxidation sites excluding steroid dienone is 1. The average Bonchev–Trinajstić information content (AvgIpc) is 3.88. The van der Waals surface area contributed by atoms with E-state index in [0.717, 1.165) is 25.7 Å². The van der Waals surface area contributed by atoms with Crippen molar-refractivity contribution in [3.63, 3.8) is 0 Å². The summed E-state index contributed by atoms with van der Waals surface area (Å²) in [6.45, 7) is 6.03. The van der Waals surface area contributed by atoms with Gasteiger partial charge in [-0.05, 0) is 56.6 Å². The van der Waals surface area contributed by atoms with E-state index < -0.39 is 30.0 Å². The summed E-state index contributed by atoms with van der Waals surface area (Å²) >= 11 is 0. The van der Waals surface area contributed by atoms with Crippen molar-refractivity contribution in [2.75, 3.05) is 0 Å². The summed E-state index contributed by atoms with van der Waals surface area (Å²) in [5.74, 6) is -3.02. The van der Waals surface area contributed by atoms with Gasteiger partial charge in [0.15, 0.2) is 5.65 Å². The molecule has 252 valence electrons. The van der Waals surface area contributed by atoms with Crippen molar-refractivity contribution in [2.45, 2.75) is 110 Å². The fourth-order valence-electron chi connectivity index (χ4n) is 5.36. The molecule has 0 spiro atoms. The third-order valence-electron chi connectivity index (χ3n) is 7.96. The summed E-state index contributed by atoms with van der Waals surface area (Å²) in [6.07, 6.45) is 5.76. The number of carbonyl (C=O) groups is 2. The van der Waals surface area contributed by atoms with Crippen molar-refractivity contribution in [1.82, 2.24) is 35.4 Å². The molecule has 4 heterocycles. The minimum Gasteiger partial charge on any atom is -0.428 e. The van der Waals surface area contributed by atoms with Crippen molar-refractivity contribution in [2.24, 2.45) is 11.8 Å². The van der Waals surface area contributed by atoms with Gasteiger partial charge in [0.1, 0.15) is 6.04 Å². The number of aromatic nitrogens is 5. The van der Waals surface area contributed by atoms with Gasteiger partial charge in [-0.1, -0.05) is 31.4 Å². The topological polar surface area (TPSA) is 127 Å². The lowest BCUT2D eigenvalue weighted by Crippen LogP contribution is -2.38. The number of amides is 2. The highest BCUT2D eigenvalue weighted by Gasteiger charge is 2.47. The summed E-state index contributed by atoms with van der Waals surface area (Å²) in [7, 11) is 0. The molecule has 2 N–H and O–H groups in total. The molecule has 15 heteroatoms. The van der Waals surface area contributed by atoms with Gasteiger partial charge >= 0.3 is 6.18 Å². The molecule has 3 saturated carbocycles. The van der Waals surface area contributed by atoms with Gasteiger partial charge in [0, 0.05) is 25.7 Å². The van der Waals surface area contributed by atoms with Crippen LogP contribution in [-0.2, 0) is 22.6 Å². The van der Waals surface area contributed by atoms with Crippen LogP contribution in [0.15, 0.2) is 40.4 Å². The van der Waals surface area contributed by atoms with E-state index in [-0.39, 0.29) is 44.1 Å². The number of nitrogens with zero attached hydrogens (tertiary/aromatic N) is 5. The van der Waals surface area contributed by atoms with Crippen LogP contribution < -0.4 is 10.6 Å². The van der Waals surface area contributed by atoms with E-state index in [0.29, 0.717) is 35.6 Å². The Hall–Kier alpha value is -3.91. The minimum absolute atomic E-state index is 0.0153. The maximum Gasteiger partial charge on any atom is 0.408 e. The van der Waals surface area contributed by atoms with Crippen LogP contribution in [-0.4, -0.2) is 54.8 Å². The quantitative estimate of drug-likeness (QED) is 0.253. The van der Waals surface area contributed by atoms with Gasteiger partial charge in [0.2, 0.25) is 30.0 Å². The fourth-order valence-corrected chi connectivity index (χ4v) is 5.36. The first-order chi connectivity index (χ1) is 21.9. The van der Waals surface area contributed by atoms with Crippen LogP contribution in [0.5, 0.6) is 0 Å². The predicted molar refractivity (Wildman–Crippen MR) is 157 cm³/mol. The van der Waals surface area contributed by atoms with Crippen LogP contribution in [0.4, 0.5) is 22.0 Å². The number of nitrogens with one attached hydrogen (secondary N) is 2. The van der Waals surface area contributed by atoms with E-state index in [2.05, 4.69) is 30.0 Å². The van der Waals surface area contributed by atoms with Crippen LogP contribution in [0.25, 0.3) is 5.65 Å².